The van der Waals surface area contributed by atoms with E-state index in [2.05, 4.69) is 5.32 Å². The van der Waals surface area contributed by atoms with Gasteiger partial charge in [0.25, 0.3) is 0 Å². The number of thioether (sulfide) groups is 1. The molecule has 3 nitrogen and oxygen atoms in total. The molecule has 0 aliphatic carbocycles. The Balaban J connectivity index is 2.06. The molecule has 0 unspecified atom stereocenters. The number of hydrogen-bond acceptors (Lipinski definition) is 3. The number of hydrogen-bond donors (Lipinski definition) is 2. The van der Waals surface area contributed by atoms with E-state index in [-0.39, 0.29) is 11.9 Å². The van der Waals surface area contributed by atoms with Crippen molar-refractivity contribution in [3.8, 4) is 0 Å². The zero-order valence-electron chi connectivity index (χ0n) is 15.3. The molecule has 0 aromatic heterocycles. The zero-order valence-corrected chi connectivity index (χ0v) is 16.1. The van der Waals surface area contributed by atoms with Gasteiger partial charge in [0.05, 0.1) is 12.1 Å². The molecule has 134 valence electrons. The summed E-state index contributed by atoms with van der Waals surface area (Å²) in [4.78, 5) is 13.3. The zero-order chi connectivity index (χ0) is 18.4. The number of amides is 1. The highest BCUT2D eigenvalue weighted by molar-refractivity contribution is 7.99. The molecule has 2 rings (SSSR count). The first kappa shape index (κ1) is 19.5. The molecular formula is C21H27NO2S. The van der Waals surface area contributed by atoms with Crippen LogP contribution in [0.25, 0.3) is 0 Å². The Kier molecular flexibility index (Phi) is 6.68. The summed E-state index contributed by atoms with van der Waals surface area (Å²) in [6.45, 7) is 7.72. The maximum atomic E-state index is 12.3. The average molecular weight is 358 g/mol. The molecular weight excluding hydrogens is 330 g/mol. The quantitative estimate of drug-likeness (QED) is 0.735. The first-order valence-corrected chi connectivity index (χ1v) is 9.53. The number of benzene rings is 2. The number of aliphatic hydroxyl groups excluding tert-OH is 1. The van der Waals surface area contributed by atoms with E-state index in [4.69, 9.17) is 0 Å². The molecule has 2 atom stereocenters. The second kappa shape index (κ2) is 8.54. The smallest absolute Gasteiger partial charge is 0.225 e. The Morgan fingerprint density at radius 2 is 1.68 bits per heavy atom. The topological polar surface area (TPSA) is 49.3 Å². The van der Waals surface area contributed by atoms with Gasteiger partial charge in [-0.25, -0.2) is 0 Å². The minimum absolute atomic E-state index is 0.0316. The molecule has 2 aromatic rings. The van der Waals surface area contributed by atoms with Crippen LogP contribution in [0, 0.1) is 5.41 Å². The number of carbonyl (C=O) groups is 1. The third-order valence-electron chi connectivity index (χ3n) is 4.00. The Morgan fingerprint density at radius 3 is 2.32 bits per heavy atom. The summed E-state index contributed by atoms with van der Waals surface area (Å²) in [7, 11) is 0. The van der Waals surface area contributed by atoms with Gasteiger partial charge in [-0.05, 0) is 24.1 Å². The molecule has 2 N–H and O–H groups in total. The molecule has 1 amide bonds. The van der Waals surface area contributed by atoms with Gasteiger partial charge in [-0.3, -0.25) is 4.79 Å². The van der Waals surface area contributed by atoms with E-state index in [9.17, 15) is 9.90 Å². The van der Waals surface area contributed by atoms with Crippen LogP contribution < -0.4 is 5.32 Å². The van der Waals surface area contributed by atoms with Gasteiger partial charge < -0.3 is 10.4 Å². The van der Waals surface area contributed by atoms with Crippen molar-refractivity contribution < 1.29 is 9.90 Å². The highest BCUT2D eigenvalue weighted by atomic mass is 32.2. The van der Waals surface area contributed by atoms with E-state index in [0.29, 0.717) is 5.75 Å². The van der Waals surface area contributed by atoms with Crippen LogP contribution in [-0.2, 0) is 4.79 Å². The van der Waals surface area contributed by atoms with E-state index in [1.807, 2.05) is 82.3 Å². The van der Waals surface area contributed by atoms with Crippen LogP contribution >= 0.6 is 11.8 Å². The predicted octanol–water partition coefficient (Wildman–Crippen LogP) is 4.74. The predicted molar refractivity (Wildman–Crippen MR) is 105 cm³/mol. The normalized spacial score (nSPS) is 14.0. The SMILES string of the molecule is C[C@@H](NC(=O)C(C)(C)C)c1ccccc1SC[C@H](O)c1ccccc1. The number of carbonyl (C=O) groups excluding carboxylic acids is 1. The lowest BCUT2D eigenvalue weighted by Crippen LogP contribution is -2.36. The van der Waals surface area contributed by atoms with Crippen LogP contribution in [0.2, 0.25) is 0 Å². The summed E-state index contributed by atoms with van der Waals surface area (Å²) in [5.41, 5.74) is 1.58. The summed E-state index contributed by atoms with van der Waals surface area (Å²) < 4.78 is 0. The lowest BCUT2D eigenvalue weighted by atomic mass is 9.94. The molecule has 0 aliphatic heterocycles. The van der Waals surface area contributed by atoms with Gasteiger partial charge in [0.15, 0.2) is 0 Å². The largest absolute Gasteiger partial charge is 0.388 e. The van der Waals surface area contributed by atoms with E-state index in [1.54, 1.807) is 11.8 Å². The first-order valence-electron chi connectivity index (χ1n) is 8.54. The highest BCUT2D eigenvalue weighted by Crippen LogP contribution is 2.31. The number of nitrogens with one attached hydrogen (secondary N) is 1. The Morgan fingerprint density at radius 1 is 1.08 bits per heavy atom. The van der Waals surface area contributed by atoms with Crippen LogP contribution in [0.4, 0.5) is 0 Å². The first-order chi connectivity index (χ1) is 11.8. The second-order valence-electron chi connectivity index (χ2n) is 7.22. The Labute approximate surface area is 154 Å². The lowest BCUT2D eigenvalue weighted by molar-refractivity contribution is -0.129. The second-order valence-corrected chi connectivity index (χ2v) is 8.28. The summed E-state index contributed by atoms with van der Waals surface area (Å²) >= 11 is 1.61. The van der Waals surface area contributed by atoms with Crippen LogP contribution in [-0.4, -0.2) is 16.8 Å². The molecule has 0 radical (unpaired) electrons. The minimum atomic E-state index is -0.515. The Hall–Kier alpha value is -1.78. The van der Waals surface area contributed by atoms with Crippen LogP contribution in [0.3, 0.4) is 0 Å². The van der Waals surface area contributed by atoms with E-state index in [0.717, 1.165) is 16.0 Å². The summed E-state index contributed by atoms with van der Waals surface area (Å²) in [5, 5.41) is 13.5. The molecule has 0 fully saturated rings. The number of rotatable bonds is 6. The maximum absolute atomic E-state index is 12.3. The van der Waals surface area contributed by atoms with Gasteiger partial charge in [-0.1, -0.05) is 69.3 Å². The fourth-order valence-corrected chi connectivity index (χ4v) is 3.52. The van der Waals surface area contributed by atoms with Crippen LogP contribution in [0.1, 0.15) is 51.0 Å². The van der Waals surface area contributed by atoms with Crippen molar-refractivity contribution in [1.82, 2.24) is 5.32 Å². The van der Waals surface area contributed by atoms with E-state index < -0.39 is 11.5 Å². The average Bonchev–Trinajstić information content (AvgIpc) is 2.59. The van der Waals surface area contributed by atoms with Gasteiger partial charge in [0.1, 0.15) is 0 Å². The molecule has 25 heavy (non-hydrogen) atoms. The van der Waals surface area contributed by atoms with Crippen molar-refractivity contribution in [2.45, 2.75) is 44.7 Å². The van der Waals surface area contributed by atoms with Gasteiger partial charge in [0, 0.05) is 16.1 Å². The van der Waals surface area contributed by atoms with Crippen LogP contribution in [0.15, 0.2) is 59.5 Å². The molecule has 0 saturated carbocycles. The summed E-state index contributed by atoms with van der Waals surface area (Å²) in [6.07, 6.45) is -0.515. The maximum Gasteiger partial charge on any atom is 0.225 e. The fourth-order valence-electron chi connectivity index (χ4n) is 2.40. The van der Waals surface area contributed by atoms with Crippen molar-refractivity contribution >= 4 is 17.7 Å². The van der Waals surface area contributed by atoms with Crippen molar-refractivity contribution in [3.63, 3.8) is 0 Å². The van der Waals surface area contributed by atoms with Crippen molar-refractivity contribution in [3.05, 3.63) is 65.7 Å². The van der Waals surface area contributed by atoms with Gasteiger partial charge in [-0.2, -0.15) is 0 Å². The molecule has 4 heteroatoms. The van der Waals surface area contributed by atoms with E-state index >= 15 is 0 Å². The fraction of sp³-hybridized carbons (Fsp3) is 0.381. The van der Waals surface area contributed by atoms with Crippen molar-refractivity contribution in [2.24, 2.45) is 5.41 Å². The van der Waals surface area contributed by atoms with Gasteiger partial charge >= 0.3 is 0 Å². The van der Waals surface area contributed by atoms with E-state index in [1.165, 1.54) is 0 Å². The minimum Gasteiger partial charge on any atom is -0.388 e. The molecule has 0 spiro atoms. The lowest BCUT2D eigenvalue weighted by Gasteiger charge is -2.23. The molecule has 0 heterocycles. The monoisotopic (exact) mass is 357 g/mol. The summed E-state index contributed by atoms with van der Waals surface area (Å²) in [5.74, 6) is 0.602. The van der Waals surface area contributed by atoms with Gasteiger partial charge in [-0.15, -0.1) is 11.8 Å². The molecule has 0 aliphatic rings. The van der Waals surface area contributed by atoms with Crippen molar-refractivity contribution in [1.29, 1.82) is 0 Å². The van der Waals surface area contributed by atoms with Crippen LogP contribution in [0.5, 0.6) is 0 Å². The Bertz CT molecular complexity index is 695. The third kappa shape index (κ3) is 5.62. The third-order valence-corrected chi connectivity index (χ3v) is 5.16. The standard InChI is InChI=1S/C21H27NO2S/c1-15(22-20(24)21(2,3)4)17-12-8-9-13-19(17)25-14-18(23)16-10-6-5-7-11-16/h5-13,15,18,23H,14H2,1-4H3,(H,22,24)/t15-,18+/m1/s1. The number of aliphatic hydroxyl groups is 1. The van der Waals surface area contributed by atoms with Gasteiger partial charge in [0.2, 0.25) is 5.91 Å². The molecule has 2 aromatic carbocycles. The summed E-state index contributed by atoms with van der Waals surface area (Å²) in [6, 6.07) is 17.6. The molecule has 0 saturated heterocycles. The highest BCUT2D eigenvalue weighted by Gasteiger charge is 2.24. The molecule has 0 bridgehead atoms. The van der Waals surface area contributed by atoms with Crippen molar-refractivity contribution in [2.75, 3.05) is 5.75 Å².